The molecule has 2 amide bonds. The third-order valence-electron chi connectivity index (χ3n) is 6.87. The van der Waals surface area contributed by atoms with Crippen molar-refractivity contribution >= 4 is 11.8 Å². The lowest BCUT2D eigenvalue weighted by atomic mass is 9.99. The zero-order valence-corrected chi connectivity index (χ0v) is 22.0. The molecule has 1 saturated heterocycles. The average Bonchev–Trinajstić information content (AvgIpc) is 3.31. The second-order valence-electron chi connectivity index (χ2n) is 9.83. The number of hydrogen-bond donors (Lipinski definition) is 1. The quantitative estimate of drug-likeness (QED) is 0.443. The minimum absolute atomic E-state index is 0.0833. The summed E-state index contributed by atoms with van der Waals surface area (Å²) in [5.41, 5.74) is 0.173. The number of amides is 2. The van der Waals surface area contributed by atoms with Crippen molar-refractivity contribution in [2.24, 2.45) is 0 Å². The minimum Gasteiger partial charge on any atom is -0.342 e. The Hall–Kier alpha value is -4.15. The van der Waals surface area contributed by atoms with E-state index in [1.807, 2.05) is 13.8 Å². The Kier molecular flexibility index (Phi) is 8.37. The van der Waals surface area contributed by atoms with E-state index in [9.17, 15) is 28.0 Å². The monoisotopic (exact) mass is 539 g/mol. The van der Waals surface area contributed by atoms with Crippen molar-refractivity contribution in [3.05, 3.63) is 98.3 Å². The summed E-state index contributed by atoms with van der Waals surface area (Å²) in [6.07, 6.45) is -0.461. The van der Waals surface area contributed by atoms with E-state index in [2.05, 4.69) is 10.3 Å². The lowest BCUT2D eigenvalue weighted by molar-refractivity contribution is -0.139. The van der Waals surface area contributed by atoms with E-state index in [0.717, 1.165) is 14.0 Å². The van der Waals surface area contributed by atoms with Crippen molar-refractivity contribution in [2.75, 3.05) is 6.54 Å². The summed E-state index contributed by atoms with van der Waals surface area (Å²) in [6, 6.07) is 11.3. The van der Waals surface area contributed by atoms with E-state index in [0.29, 0.717) is 11.1 Å². The molecule has 9 nitrogen and oxygen atoms in total. The number of likely N-dealkylation sites (tertiary alicyclic amines) is 1. The normalized spacial score (nSPS) is 17.8. The van der Waals surface area contributed by atoms with Gasteiger partial charge in [-0.2, -0.15) is 4.39 Å². The molecule has 206 valence electrons. The van der Waals surface area contributed by atoms with Crippen LogP contribution in [0.4, 0.5) is 8.78 Å². The maximum Gasteiger partial charge on any atom is 0.331 e. The molecular formula is C28H31F2N5O4. The highest BCUT2D eigenvalue weighted by Gasteiger charge is 2.40. The Labute approximate surface area is 224 Å². The molecule has 1 aromatic carbocycles. The highest BCUT2D eigenvalue weighted by molar-refractivity contribution is 5.88. The predicted octanol–water partition coefficient (Wildman–Crippen LogP) is 2.53. The van der Waals surface area contributed by atoms with Gasteiger partial charge in [0.05, 0.1) is 18.3 Å². The second kappa shape index (κ2) is 11.7. The Morgan fingerprint density at radius 1 is 1.10 bits per heavy atom. The zero-order chi connectivity index (χ0) is 28.3. The number of hydrogen-bond acceptors (Lipinski definition) is 5. The minimum atomic E-state index is -1.44. The first-order valence-corrected chi connectivity index (χ1v) is 12.9. The SMILES string of the molecule is CCn1c(=O)ccn(CC(=O)N2C[C@H](F)C[C@H]2C(=O)N[C@@H](c2ccccc2)c2ccc(C(C)C)c(F)n2)c1=O. The van der Waals surface area contributed by atoms with Crippen LogP contribution in [0.2, 0.25) is 0 Å². The van der Waals surface area contributed by atoms with Crippen LogP contribution >= 0.6 is 0 Å². The number of pyridine rings is 1. The van der Waals surface area contributed by atoms with Crippen molar-refractivity contribution in [3.8, 4) is 0 Å². The largest absolute Gasteiger partial charge is 0.342 e. The molecule has 0 bridgehead atoms. The first kappa shape index (κ1) is 27.9. The summed E-state index contributed by atoms with van der Waals surface area (Å²) >= 11 is 0. The molecule has 0 saturated carbocycles. The lowest BCUT2D eigenvalue weighted by Crippen LogP contribution is -2.49. The van der Waals surface area contributed by atoms with Crippen LogP contribution in [0.3, 0.4) is 0 Å². The average molecular weight is 540 g/mol. The van der Waals surface area contributed by atoms with Gasteiger partial charge in [0.2, 0.25) is 17.8 Å². The number of halogens is 2. The molecule has 1 aliphatic heterocycles. The van der Waals surface area contributed by atoms with Crippen LogP contribution < -0.4 is 16.6 Å². The van der Waals surface area contributed by atoms with Gasteiger partial charge < -0.3 is 10.2 Å². The summed E-state index contributed by atoms with van der Waals surface area (Å²) in [5, 5.41) is 2.83. The van der Waals surface area contributed by atoms with Gasteiger partial charge in [-0.3, -0.25) is 23.5 Å². The molecule has 3 aromatic rings. The number of nitrogens with one attached hydrogen (secondary N) is 1. The number of carbonyl (C=O) groups excluding carboxylic acids is 2. The molecule has 0 aliphatic carbocycles. The molecule has 1 N–H and O–H groups in total. The summed E-state index contributed by atoms with van der Waals surface area (Å²) in [4.78, 5) is 56.3. The van der Waals surface area contributed by atoms with Gasteiger partial charge in [0, 0.05) is 30.8 Å². The summed E-state index contributed by atoms with van der Waals surface area (Å²) in [6.45, 7) is 4.68. The van der Waals surface area contributed by atoms with Crippen LogP contribution in [0.15, 0.2) is 64.3 Å². The number of carbonyl (C=O) groups is 2. The standard InChI is InChI=1S/C28H31F2N5O4/c1-4-34-23(36)12-13-33(28(34)39)16-24(37)35-15-19(29)14-22(35)27(38)32-25(18-8-6-5-7-9-18)21-11-10-20(17(2)3)26(30)31-21/h5-13,17,19,22,25H,4,14-16H2,1-3H3,(H,32,38)/t19-,22+,25+/m1/s1. The second-order valence-corrected chi connectivity index (χ2v) is 9.83. The van der Waals surface area contributed by atoms with Gasteiger partial charge in [-0.15, -0.1) is 0 Å². The van der Waals surface area contributed by atoms with Gasteiger partial charge in [0.15, 0.2) is 0 Å². The Bertz CT molecular complexity index is 1470. The van der Waals surface area contributed by atoms with Crippen LogP contribution in [0.25, 0.3) is 0 Å². The maximum atomic E-state index is 14.8. The topological polar surface area (TPSA) is 106 Å². The molecule has 11 heteroatoms. The predicted molar refractivity (Wildman–Crippen MR) is 140 cm³/mol. The van der Waals surface area contributed by atoms with Crippen LogP contribution in [-0.2, 0) is 22.7 Å². The Morgan fingerprint density at radius 2 is 1.82 bits per heavy atom. The molecule has 0 radical (unpaired) electrons. The number of benzene rings is 1. The Balaban J connectivity index is 1.60. The van der Waals surface area contributed by atoms with Gasteiger partial charge in [-0.1, -0.05) is 50.2 Å². The zero-order valence-electron chi connectivity index (χ0n) is 22.0. The van der Waals surface area contributed by atoms with Gasteiger partial charge >= 0.3 is 5.69 Å². The van der Waals surface area contributed by atoms with Crippen molar-refractivity contribution in [1.82, 2.24) is 24.3 Å². The lowest BCUT2D eigenvalue weighted by Gasteiger charge is -2.27. The maximum absolute atomic E-state index is 14.8. The number of alkyl halides is 1. The summed E-state index contributed by atoms with van der Waals surface area (Å²) < 4.78 is 31.4. The molecule has 1 fully saturated rings. The van der Waals surface area contributed by atoms with E-state index in [1.165, 1.54) is 12.3 Å². The van der Waals surface area contributed by atoms with E-state index in [-0.39, 0.29) is 31.1 Å². The van der Waals surface area contributed by atoms with Crippen molar-refractivity contribution in [1.29, 1.82) is 0 Å². The van der Waals surface area contributed by atoms with Crippen LogP contribution in [0.5, 0.6) is 0 Å². The van der Waals surface area contributed by atoms with Gasteiger partial charge in [0.25, 0.3) is 5.56 Å². The van der Waals surface area contributed by atoms with Crippen molar-refractivity contribution in [3.63, 3.8) is 0 Å². The van der Waals surface area contributed by atoms with E-state index in [4.69, 9.17) is 0 Å². The molecule has 2 aromatic heterocycles. The van der Waals surface area contributed by atoms with Gasteiger partial charge in [-0.05, 0) is 24.5 Å². The Morgan fingerprint density at radius 3 is 2.46 bits per heavy atom. The van der Waals surface area contributed by atoms with E-state index >= 15 is 0 Å². The van der Waals surface area contributed by atoms with Gasteiger partial charge in [0.1, 0.15) is 18.8 Å². The molecule has 39 heavy (non-hydrogen) atoms. The first-order valence-electron chi connectivity index (χ1n) is 12.9. The highest BCUT2D eigenvalue weighted by atomic mass is 19.1. The number of nitrogens with zero attached hydrogens (tertiary/aromatic N) is 4. The van der Waals surface area contributed by atoms with Crippen LogP contribution in [0.1, 0.15) is 56.0 Å². The molecular weight excluding hydrogens is 508 g/mol. The van der Waals surface area contributed by atoms with Crippen LogP contribution in [-0.4, -0.2) is 49.6 Å². The summed E-state index contributed by atoms with van der Waals surface area (Å²) in [5.74, 6) is -1.99. The molecule has 0 unspecified atom stereocenters. The third-order valence-corrected chi connectivity index (χ3v) is 6.87. The van der Waals surface area contributed by atoms with Gasteiger partial charge in [-0.25, -0.2) is 14.2 Å². The fourth-order valence-corrected chi connectivity index (χ4v) is 4.78. The fraction of sp³-hybridized carbons (Fsp3) is 0.393. The van der Waals surface area contributed by atoms with Crippen molar-refractivity contribution in [2.45, 2.75) is 64.5 Å². The molecule has 1 aliphatic rings. The molecule has 4 rings (SSSR count). The number of aromatic nitrogens is 3. The fourth-order valence-electron chi connectivity index (χ4n) is 4.78. The molecule has 3 atom stereocenters. The number of rotatable bonds is 8. The molecule has 0 spiro atoms. The summed E-state index contributed by atoms with van der Waals surface area (Å²) in [7, 11) is 0. The van der Waals surface area contributed by atoms with E-state index in [1.54, 1.807) is 49.4 Å². The highest BCUT2D eigenvalue weighted by Crippen LogP contribution is 2.26. The smallest absolute Gasteiger partial charge is 0.331 e. The third kappa shape index (κ3) is 5.97. The van der Waals surface area contributed by atoms with E-state index < -0.39 is 53.8 Å². The first-order chi connectivity index (χ1) is 18.6. The van der Waals surface area contributed by atoms with Crippen molar-refractivity contribution < 1.29 is 18.4 Å². The molecule has 3 heterocycles. The van der Waals surface area contributed by atoms with Crippen LogP contribution in [0, 0.1) is 5.95 Å².